The maximum atomic E-state index is 13.8. The first-order valence-corrected chi connectivity index (χ1v) is 4.28. The van der Waals surface area contributed by atoms with Crippen molar-refractivity contribution in [2.75, 3.05) is 13.1 Å². The van der Waals surface area contributed by atoms with Gasteiger partial charge in [-0.05, 0) is 19.1 Å². The number of nitrogens with one attached hydrogen (secondary N) is 1. The molecule has 13 heavy (non-hydrogen) atoms. The van der Waals surface area contributed by atoms with Crippen molar-refractivity contribution in [3.8, 4) is 0 Å². The molecular formula is C10H11F2N. The Kier molecular flexibility index (Phi) is 1.84. The summed E-state index contributed by atoms with van der Waals surface area (Å²) in [7, 11) is 0. The first kappa shape index (κ1) is 8.63. The third-order valence-corrected chi connectivity index (χ3v) is 2.41. The highest BCUT2D eigenvalue weighted by molar-refractivity contribution is 5.31. The third-order valence-electron chi connectivity index (χ3n) is 2.41. The number of hydrogen-bond donors (Lipinski definition) is 1. The zero-order valence-electron chi connectivity index (χ0n) is 7.40. The standard InChI is InChI=1S/C10H11F2N/c1-7-2-3-9(11)8(4-7)10(12)5-13-6-10/h2-4,13H,5-6H2,1H3. The van der Waals surface area contributed by atoms with Gasteiger partial charge >= 0.3 is 0 Å². The van der Waals surface area contributed by atoms with Crippen LogP contribution in [-0.2, 0) is 5.67 Å². The molecule has 0 unspecified atom stereocenters. The molecule has 0 bridgehead atoms. The smallest absolute Gasteiger partial charge is 0.163 e. The van der Waals surface area contributed by atoms with Crippen molar-refractivity contribution < 1.29 is 8.78 Å². The SMILES string of the molecule is Cc1ccc(F)c(C2(F)CNC2)c1. The molecule has 1 heterocycles. The van der Waals surface area contributed by atoms with Crippen LogP contribution >= 0.6 is 0 Å². The van der Waals surface area contributed by atoms with Gasteiger partial charge in [-0.25, -0.2) is 8.78 Å². The van der Waals surface area contributed by atoms with Gasteiger partial charge in [0.25, 0.3) is 0 Å². The predicted molar refractivity (Wildman–Crippen MR) is 46.8 cm³/mol. The van der Waals surface area contributed by atoms with Crippen molar-refractivity contribution in [2.24, 2.45) is 0 Å². The molecule has 1 aliphatic rings. The van der Waals surface area contributed by atoms with E-state index in [9.17, 15) is 8.78 Å². The topological polar surface area (TPSA) is 12.0 Å². The molecule has 1 saturated heterocycles. The highest BCUT2D eigenvalue weighted by atomic mass is 19.1. The van der Waals surface area contributed by atoms with E-state index in [-0.39, 0.29) is 18.7 Å². The lowest BCUT2D eigenvalue weighted by Crippen LogP contribution is -2.54. The summed E-state index contributed by atoms with van der Waals surface area (Å²) in [6.07, 6.45) is 0. The van der Waals surface area contributed by atoms with E-state index in [1.807, 2.05) is 6.92 Å². The van der Waals surface area contributed by atoms with Crippen LogP contribution in [0.2, 0.25) is 0 Å². The Morgan fingerprint density at radius 1 is 1.38 bits per heavy atom. The molecule has 1 nitrogen and oxygen atoms in total. The Labute approximate surface area is 75.8 Å². The van der Waals surface area contributed by atoms with E-state index >= 15 is 0 Å². The van der Waals surface area contributed by atoms with Crippen molar-refractivity contribution in [1.29, 1.82) is 0 Å². The van der Waals surface area contributed by atoms with Crippen LogP contribution in [-0.4, -0.2) is 13.1 Å². The maximum Gasteiger partial charge on any atom is 0.163 e. The number of hydrogen-bond acceptors (Lipinski definition) is 1. The fourth-order valence-electron chi connectivity index (χ4n) is 1.52. The highest BCUT2D eigenvalue weighted by Crippen LogP contribution is 2.32. The molecule has 1 fully saturated rings. The van der Waals surface area contributed by atoms with Crippen LogP contribution in [0.4, 0.5) is 8.78 Å². The summed E-state index contributed by atoms with van der Waals surface area (Å²) in [6, 6.07) is 4.55. The van der Waals surface area contributed by atoms with Crippen molar-refractivity contribution in [2.45, 2.75) is 12.6 Å². The second-order valence-electron chi connectivity index (χ2n) is 3.55. The summed E-state index contributed by atoms with van der Waals surface area (Å²) >= 11 is 0. The van der Waals surface area contributed by atoms with Crippen molar-refractivity contribution in [3.05, 3.63) is 35.1 Å². The van der Waals surface area contributed by atoms with Gasteiger partial charge in [-0.1, -0.05) is 11.6 Å². The molecule has 0 atom stereocenters. The van der Waals surface area contributed by atoms with Crippen LogP contribution in [0.1, 0.15) is 11.1 Å². The number of halogens is 2. The minimum Gasteiger partial charge on any atom is -0.310 e. The summed E-state index contributed by atoms with van der Waals surface area (Å²) in [4.78, 5) is 0. The summed E-state index contributed by atoms with van der Waals surface area (Å²) < 4.78 is 27.0. The molecule has 3 heteroatoms. The summed E-state index contributed by atoms with van der Waals surface area (Å²) in [5, 5.41) is 2.81. The van der Waals surface area contributed by atoms with E-state index in [0.717, 1.165) is 5.56 Å². The fourth-order valence-corrected chi connectivity index (χ4v) is 1.52. The zero-order valence-corrected chi connectivity index (χ0v) is 7.40. The van der Waals surface area contributed by atoms with Gasteiger partial charge in [0.05, 0.1) is 0 Å². The van der Waals surface area contributed by atoms with Crippen molar-refractivity contribution in [1.82, 2.24) is 5.32 Å². The van der Waals surface area contributed by atoms with Crippen molar-refractivity contribution >= 4 is 0 Å². The lowest BCUT2D eigenvalue weighted by atomic mass is 9.89. The Balaban J connectivity index is 2.43. The number of benzene rings is 1. The molecule has 1 aliphatic heterocycles. The third kappa shape index (κ3) is 1.33. The molecule has 1 N–H and O–H groups in total. The Bertz CT molecular complexity index is 332. The van der Waals surface area contributed by atoms with E-state index < -0.39 is 11.5 Å². The Morgan fingerprint density at radius 2 is 2.08 bits per heavy atom. The minimum atomic E-state index is -1.49. The first-order valence-electron chi connectivity index (χ1n) is 4.28. The monoisotopic (exact) mass is 183 g/mol. The summed E-state index contributed by atoms with van der Waals surface area (Å²) in [5.41, 5.74) is -0.414. The van der Waals surface area contributed by atoms with Gasteiger partial charge in [0, 0.05) is 18.7 Å². The number of aryl methyl sites for hydroxylation is 1. The van der Waals surface area contributed by atoms with Crippen LogP contribution < -0.4 is 5.32 Å². The first-order chi connectivity index (χ1) is 6.12. The molecule has 0 aliphatic carbocycles. The highest BCUT2D eigenvalue weighted by Gasteiger charge is 2.40. The largest absolute Gasteiger partial charge is 0.310 e. The predicted octanol–water partition coefficient (Wildman–Crippen LogP) is 1.90. The second-order valence-corrected chi connectivity index (χ2v) is 3.55. The Hall–Kier alpha value is -0.960. The van der Waals surface area contributed by atoms with Gasteiger partial charge in [-0.3, -0.25) is 0 Å². The summed E-state index contributed by atoms with van der Waals surface area (Å²) in [5.74, 6) is -0.449. The number of rotatable bonds is 1. The minimum absolute atomic E-state index is 0.186. The van der Waals surface area contributed by atoms with E-state index in [0.29, 0.717) is 0 Å². The van der Waals surface area contributed by atoms with E-state index in [1.165, 1.54) is 6.07 Å². The van der Waals surface area contributed by atoms with Gasteiger partial charge in [-0.15, -0.1) is 0 Å². The van der Waals surface area contributed by atoms with E-state index in [1.54, 1.807) is 12.1 Å². The molecule has 0 aromatic heterocycles. The molecule has 1 aromatic carbocycles. The van der Waals surface area contributed by atoms with Crippen LogP contribution in [0.25, 0.3) is 0 Å². The summed E-state index contributed by atoms with van der Waals surface area (Å²) in [6.45, 7) is 2.26. The van der Waals surface area contributed by atoms with Crippen LogP contribution in [0.3, 0.4) is 0 Å². The quantitative estimate of drug-likeness (QED) is 0.701. The normalized spacial score (nSPS) is 19.6. The fraction of sp³-hybridized carbons (Fsp3) is 0.400. The molecule has 0 saturated carbocycles. The van der Waals surface area contributed by atoms with Gasteiger partial charge in [0.15, 0.2) is 5.67 Å². The van der Waals surface area contributed by atoms with Gasteiger partial charge in [0.2, 0.25) is 0 Å². The molecule has 2 rings (SSSR count). The van der Waals surface area contributed by atoms with Gasteiger partial charge in [0.1, 0.15) is 5.82 Å². The second kappa shape index (κ2) is 2.77. The molecule has 70 valence electrons. The Morgan fingerprint density at radius 3 is 2.62 bits per heavy atom. The lowest BCUT2D eigenvalue weighted by molar-refractivity contribution is 0.0846. The molecule has 0 spiro atoms. The molecule has 0 amide bonds. The van der Waals surface area contributed by atoms with Gasteiger partial charge in [-0.2, -0.15) is 0 Å². The maximum absolute atomic E-state index is 13.8. The van der Waals surface area contributed by atoms with Crippen LogP contribution in [0, 0.1) is 12.7 Å². The molecule has 1 aromatic rings. The van der Waals surface area contributed by atoms with Crippen LogP contribution in [0.5, 0.6) is 0 Å². The van der Waals surface area contributed by atoms with Crippen LogP contribution in [0.15, 0.2) is 18.2 Å². The van der Waals surface area contributed by atoms with E-state index in [4.69, 9.17) is 0 Å². The lowest BCUT2D eigenvalue weighted by Gasteiger charge is -2.35. The molecule has 0 radical (unpaired) electrons. The van der Waals surface area contributed by atoms with Gasteiger partial charge < -0.3 is 5.32 Å². The molecular weight excluding hydrogens is 172 g/mol. The average Bonchev–Trinajstić information content (AvgIpc) is 2.05. The van der Waals surface area contributed by atoms with Crippen molar-refractivity contribution in [3.63, 3.8) is 0 Å². The zero-order chi connectivity index (χ0) is 9.47. The van der Waals surface area contributed by atoms with E-state index in [2.05, 4.69) is 5.32 Å². The number of alkyl halides is 1. The average molecular weight is 183 g/mol.